The number of rotatable bonds is 4. The van der Waals surface area contributed by atoms with Crippen LogP contribution in [0.4, 0.5) is 0 Å². The molecule has 0 atom stereocenters. The Labute approximate surface area is 96.4 Å². The highest BCUT2D eigenvalue weighted by atomic mass is 32.3. The van der Waals surface area contributed by atoms with Crippen molar-refractivity contribution in [1.29, 1.82) is 0 Å². The van der Waals surface area contributed by atoms with Crippen LogP contribution < -0.4 is 4.57 Å². The SMILES string of the molecule is CCOS(=O)(=O)[O-].CCn1cc[n+](CC)c1. The van der Waals surface area contributed by atoms with Crippen LogP contribution in [0, 0.1) is 0 Å². The summed E-state index contributed by atoms with van der Waals surface area (Å²) in [5.74, 6) is 0. The number of hydrogen-bond donors (Lipinski definition) is 0. The summed E-state index contributed by atoms with van der Waals surface area (Å²) in [7, 11) is -4.42. The fourth-order valence-corrected chi connectivity index (χ4v) is 1.25. The van der Waals surface area contributed by atoms with Crippen molar-refractivity contribution >= 4 is 10.4 Å². The Hall–Kier alpha value is -0.920. The molecule has 1 aromatic heterocycles. The molecule has 0 fully saturated rings. The Balaban J connectivity index is 0.000000293. The Morgan fingerprint density at radius 1 is 1.38 bits per heavy atom. The maximum absolute atomic E-state index is 9.45. The van der Waals surface area contributed by atoms with Gasteiger partial charge in [0, 0.05) is 0 Å². The molecule has 94 valence electrons. The molecule has 0 unspecified atom stereocenters. The van der Waals surface area contributed by atoms with Crippen molar-refractivity contribution < 1.29 is 21.7 Å². The van der Waals surface area contributed by atoms with E-state index >= 15 is 0 Å². The molecule has 16 heavy (non-hydrogen) atoms. The second kappa shape index (κ2) is 7.37. The Kier molecular flexibility index (Phi) is 6.95. The van der Waals surface area contributed by atoms with Crippen LogP contribution in [0.5, 0.6) is 0 Å². The molecular weight excluding hydrogens is 232 g/mol. The highest BCUT2D eigenvalue weighted by molar-refractivity contribution is 7.80. The number of imidazole rings is 1. The molecule has 0 aliphatic rings. The summed E-state index contributed by atoms with van der Waals surface area (Å²) in [5, 5.41) is 0. The second-order valence-electron chi connectivity index (χ2n) is 2.89. The first kappa shape index (κ1) is 15.1. The summed E-state index contributed by atoms with van der Waals surface area (Å²) in [6.45, 7) is 7.74. The van der Waals surface area contributed by atoms with Crippen LogP contribution in [-0.2, 0) is 27.7 Å². The molecule has 7 heteroatoms. The van der Waals surface area contributed by atoms with Crippen LogP contribution in [0.1, 0.15) is 20.8 Å². The lowest BCUT2D eigenvalue weighted by molar-refractivity contribution is -0.693. The zero-order valence-corrected chi connectivity index (χ0v) is 10.6. The van der Waals surface area contributed by atoms with Crippen molar-refractivity contribution in [3.63, 3.8) is 0 Å². The highest BCUT2D eigenvalue weighted by Crippen LogP contribution is 1.81. The molecule has 0 radical (unpaired) electrons. The average molecular weight is 250 g/mol. The second-order valence-corrected chi connectivity index (χ2v) is 3.94. The zero-order chi connectivity index (χ0) is 12.6. The van der Waals surface area contributed by atoms with Crippen molar-refractivity contribution in [3.8, 4) is 0 Å². The molecule has 0 aliphatic carbocycles. The van der Waals surface area contributed by atoms with Crippen LogP contribution >= 0.6 is 0 Å². The molecule has 1 heterocycles. The van der Waals surface area contributed by atoms with Crippen molar-refractivity contribution in [2.75, 3.05) is 6.61 Å². The van der Waals surface area contributed by atoms with Gasteiger partial charge in [-0.2, -0.15) is 0 Å². The van der Waals surface area contributed by atoms with E-state index in [-0.39, 0.29) is 6.61 Å². The third-order valence-electron chi connectivity index (χ3n) is 1.74. The Bertz CT molecular complexity index is 367. The molecule has 1 aromatic rings. The molecule has 0 saturated heterocycles. The summed E-state index contributed by atoms with van der Waals surface area (Å²) in [6, 6.07) is 0. The normalized spacial score (nSPS) is 10.8. The van der Waals surface area contributed by atoms with Gasteiger partial charge < -0.3 is 4.55 Å². The van der Waals surface area contributed by atoms with Crippen molar-refractivity contribution in [3.05, 3.63) is 18.7 Å². The molecule has 0 N–H and O–H groups in total. The number of aryl methyl sites for hydroxylation is 2. The third kappa shape index (κ3) is 7.38. The van der Waals surface area contributed by atoms with Gasteiger partial charge in [0.15, 0.2) is 0 Å². The van der Waals surface area contributed by atoms with Gasteiger partial charge in [0.25, 0.3) is 0 Å². The topological polar surface area (TPSA) is 75.2 Å². The smallest absolute Gasteiger partial charge is 0.243 e. The van der Waals surface area contributed by atoms with E-state index in [1.54, 1.807) is 0 Å². The van der Waals surface area contributed by atoms with Gasteiger partial charge in [0.1, 0.15) is 12.4 Å². The predicted molar refractivity (Wildman–Crippen MR) is 57.3 cm³/mol. The van der Waals surface area contributed by atoms with Gasteiger partial charge >= 0.3 is 0 Å². The van der Waals surface area contributed by atoms with Crippen LogP contribution in [0.15, 0.2) is 18.7 Å². The van der Waals surface area contributed by atoms with Crippen LogP contribution in [0.2, 0.25) is 0 Å². The van der Waals surface area contributed by atoms with Gasteiger partial charge in [0.2, 0.25) is 16.7 Å². The van der Waals surface area contributed by atoms with Gasteiger partial charge in [-0.05, 0) is 20.8 Å². The van der Waals surface area contributed by atoms with Crippen LogP contribution in [-0.4, -0.2) is 24.1 Å². The Morgan fingerprint density at radius 3 is 2.19 bits per heavy atom. The minimum atomic E-state index is -4.42. The summed E-state index contributed by atoms with van der Waals surface area (Å²) < 4.78 is 36.3. The summed E-state index contributed by atoms with van der Waals surface area (Å²) in [5.41, 5.74) is 0. The van der Waals surface area contributed by atoms with E-state index in [9.17, 15) is 13.0 Å². The lowest BCUT2D eigenvalue weighted by atomic mass is 10.7. The van der Waals surface area contributed by atoms with E-state index in [4.69, 9.17) is 0 Å². The lowest BCUT2D eigenvalue weighted by Crippen LogP contribution is -2.28. The number of hydrogen-bond acceptors (Lipinski definition) is 4. The van der Waals surface area contributed by atoms with Crippen LogP contribution in [0.3, 0.4) is 0 Å². The van der Waals surface area contributed by atoms with Gasteiger partial charge in [-0.15, -0.1) is 0 Å². The zero-order valence-electron chi connectivity index (χ0n) is 9.79. The summed E-state index contributed by atoms with van der Waals surface area (Å²) in [6.07, 6.45) is 6.28. The quantitative estimate of drug-likeness (QED) is 0.437. The fourth-order valence-electron chi connectivity index (χ4n) is 0.957. The maximum Gasteiger partial charge on any atom is 0.243 e. The number of nitrogens with zero attached hydrogens (tertiary/aromatic N) is 2. The van der Waals surface area contributed by atoms with Gasteiger partial charge in [-0.25, -0.2) is 17.6 Å². The first-order valence-electron chi connectivity index (χ1n) is 5.08. The molecule has 6 nitrogen and oxygen atoms in total. The monoisotopic (exact) mass is 250 g/mol. The minimum absolute atomic E-state index is 0.0914. The molecular formula is C9H18N2O4S. The molecule has 0 aromatic carbocycles. The Morgan fingerprint density at radius 2 is 2.00 bits per heavy atom. The standard InChI is InChI=1S/C7H13N2.C2H6O4S/c1-3-8-5-6-9(4-2)7-8;1-2-6-7(3,4)5/h5-7H,3-4H2,1-2H3;2H2,1H3,(H,3,4,5)/q+1;/p-1. The molecule has 0 spiro atoms. The van der Waals surface area contributed by atoms with E-state index in [2.05, 4.69) is 45.9 Å². The largest absolute Gasteiger partial charge is 0.726 e. The van der Waals surface area contributed by atoms with Crippen molar-refractivity contribution in [1.82, 2.24) is 4.57 Å². The summed E-state index contributed by atoms with van der Waals surface area (Å²) >= 11 is 0. The van der Waals surface area contributed by atoms with E-state index in [1.165, 1.54) is 6.92 Å². The molecule has 1 rings (SSSR count). The van der Waals surface area contributed by atoms with E-state index < -0.39 is 10.4 Å². The lowest BCUT2D eigenvalue weighted by Gasteiger charge is -2.02. The van der Waals surface area contributed by atoms with E-state index in [0.717, 1.165) is 13.1 Å². The average Bonchev–Trinajstić information content (AvgIpc) is 2.64. The number of aromatic nitrogens is 2. The fraction of sp³-hybridized carbons (Fsp3) is 0.667. The first-order valence-corrected chi connectivity index (χ1v) is 6.41. The van der Waals surface area contributed by atoms with E-state index in [1.807, 2.05) is 0 Å². The van der Waals surface area contributed by atoms with Gasteiger partial charge in [0.05, 0.1) is 19.7 Å². The van der Waals surface area contributed by atoms with Gasteiger partial charge in [-0.1, -0.05) is 0 Å². The maximum atomic E-state index is 9.45. The molecule has 0 bridgehead atoms. The van der Waals surface area contributed by atoms with Crippen molar-refractivity contribution in [2.24, 2.45) is 0 Å². The first-order chi connectivity index (χ1) is 7.42. The van der Waals surface area contributed by atoms with Crippen LogP contribution in [0.25, 0.3) is 0 Å². The van der Waals surface area contributed by atoms with Crippen molar-refractivity contribution in [2.45, 2.75) is 33.9 Å². The summed E-state index contributed by atoms with van der Waals surface area (Å²) in [4.78, 5) is 0. The highest BCUT2D eigenvalue weighted by Gasteiger charge is 1.95. The van der Waals surface area contributed by atoms with E-state index in [0.29, 0.717) is 0 Å². The van der Waals surface area contributed by atoms with Gasteiger partial charge in [-0.3, -0.25) is 4.18 Å². The molecule has 0 amide bonds. The third-order valence-corrected chi connectivity index (χ3v) is 2.26. The predicted octanol–water partition coefficient (Wildman–Crippen LogP) is 0.298. The molecule has 0 saturated carbocycles. The molecule has 0 aliphatic heterocycles. The minimum Gasteiger partial charge on any atom is -0.726 e.